The first-order chi connectivity index (χ1) is 12.0. The van der Waals surface area contributed by atoms with Crippen molar-refractivity contribution < 1.29 is 4.79 Å². The number of benzene rings is 1. The van der Waals surface area contributed by atoms with Gasteiger partial charge in [-0.1, -0.05) is 29.3 Å². The van der Waals surface area contributed by atoms with Crippen molar-refractivity contribution in [2.24, 2.45) is 0 Å². The fourth-order valence-electron chi connectivity index (χ4n) is 3.06. The lowest BCUT2D eigenvalue weighted by molar-refractivity contribution is -0.136. The maximum atomic E-state index is 12.7. The highest BCUT2D eigenvalue weighted by Gasteiger charge is 2.26. The molecule has 2 aromatic rings. The molecule has 1 aromatic heterocycles. The van der Waals surface area contributed by atoms with Gasteiger partial charge in [0.05, 0.1) is 6.20 Å². The summed E-state index contributed by atoms with van der Waals surface area (Å²) in [7, 11) is 0. The van der Waals surface area contributed by atoms with Gasteiger partial charge in [-0.3, -0.25) is 14.4 Å². The van der Waals surface area contributed by atoms with Crippen LogP contribution >= 0.6 is 23.2 Å². The van der Waals surface area contributed by atoms with Gasteiger partial charge in [0, 0.05) is 54.5 Å². The average molecular weight is 381 g/mol. The van der Waals surface area contributed by atoms with E-state index in [4.69, 9.17) is 23.2 Å². The zero-order valence-corrected chi connectivity index (χ0v) is 16.0. The van der Waals surface area contributed by atoms with E-state index in [-0.39, 0.29) is 11.9 Å². The number of aromatic nitrogens is 2. The van der Waals surface area contributed by atoms with E-state index in [1.54, 1.807) is 10.9 Å². The summed E-state index contributed by atoms with van der Waals surface area (Å²) in [6, 6.07) is 5.29. The summed E-state index contributed by atoms with van der Waals surface area (Å²) in [4.78, 5) is 16.9. The van der Waals surface area contributed by atoms with Crippen LogP contribution in [-0.2, 0) is 11.3 Å². The van der Waals surface area contributed by atoms with Crippen LogP contribution in [-0.4, -0.2) is 51.7 Å². The molecule has 1 fully saturated rings. The maximum absolute atomic E-state index is 12.7. The van der Waals surface area contributed by atoms with E-state index < -0.39 is 0 Å². The zero-order chi connectivity index (χ0) is 18.0. The summed E-state index contributed by atoms with van der Waals surface area (Å²) in [6.45, 7) is 7.58. The lowest BCUT2D eigenvalue weighted by Crippen LogP contribution is -2.50. The molecule has 1 saturated heterocycles. The average Bonchev–Trinajstić information content (AvgIpc) is 3.04. The first kappa shape index (κ1) is 18.2. The maximum Gasteiger partial charge on any atom is 0.247 e. The Kier molecular flexibility index (Phi) is 5.67. The Bertz CT molecular complexity index is 733. The number of carbonyl (C=O) groups is 1. The minimum Gasteiger partial charge on any atom is -0.338 e. The predicted molar refractivity (Wildman–Crippen MR) is 100.0 cm³/mol. The molecule has 0 aliphatic carbocycles. The molecular weight excluding hydrogens is 359 g/mol. The zero-order valence-electron chi connectivity index (χ0n) is 14.5. The highest BCUT2D eigenvalue weighted by Crippen LogP contribution is 2.26. The third kappa shape index (κ3) is 4.17. The number of nitrogens with zero attached hydrogens (tertiary/aromatic N) is 4. The lowest BCUT2D eigenvalue weighted by atomic mass is 10.2. The second kappa shape index (κ2) is 7.77. The van der Waals surface area contributed by atoms with E-state index in [1.807, 2.05) is 43.1 Å². The second-order valence-electron chi connectivity index (χ2n) is 6.48. The smallest absolute Gasteiger partial charge is 0.247 e. The Hall–Kier alpha value is -1.56. The van der Waals surface area contributed by atoms with Crippen LogP contribution in [0.3, 0.4) is 0 Å². The van der Waals surface area contributed by atoms with Gasteiger partial charge in [0.2, 0.25) is 5.91 Å². The van der Waals surface area contributed by atoms with Gasteiger partial charge in [-0.15, -0.1) is 0 Å². The topological polar surface area (TPSA) is 41.4 Å². The fraction of sp³-hybridized carbons (Fsp3) is 0.444. The monoisotopic (exact) mass is 380 g/mol. The van der Waals surface area contributed by atoms with Crippen LogP contribution in [0, 0.1) is 6.92 Å². The molecule has 25 heavy (non-hydrogen) atoms. The highest BCUT2D eigenvalue weighted by molar-refractivity contribution is 6.35. The molecule has 2 heterocycles. The Balaban J connectivity index is 1.57. The molecule has 0 N–H and O–H groups in total. The van der Waals surface area contributed by atoms with Crippen molar-refractivity contribution in [1.29, 1.82) is 0 Å². The standard InChI is InChI=1S/C18H22Cl2N4O/c1-13-10-21-24(11-13)14(2)18(25)23-8-6-22(7-9-23)12-15-16(19)4-3-5-17(15)20/h3-5,10-11,14H,6-9,12H2,1-2H3. The van der Waals surface area contributed by atoms with Crippen molar-refractivity contribution in [3.8, 4) is 0 Å². The van der Waals surface area contributed by atoms with Crippen LogP contribution < -0.4 is 0 Å². The number of rotatable bonds is 4. The SMILES string of the molecule is Cc1cnn(C(C)C(=O)N2CCN(Cc3c(Cl)cccc3Cl)CC2)c1. The molecule has 0 spiro atoms. The Morgan fingerprint density at radius 2 is 1.84 bits per heavy atom. The number of carbonyl (C=O) groups excluding carboxylic acids is 1. The highest BCUT2D eigenvalue weighted by atomic mass is 35.5. The van der Waals surface area contributed by atoms with Crippen LogP contribution in [0.2, 0.25) is 10.0 Å². The summed E-state index contributed by atoms with van der Waals surface area (Å²) in [5, 5.41) is 5.63. The van der Waals surface area contributed by atoms with E-state index >= 15 is 0 Å². The summed E-state index contributed by atoms with van der Waals surface area (Å²) in [6.07, 6.45) is 3.67. The van der Waals surface area contributed by atoms with Crippen molar-refractivity contribution in [2.45, 2.75) is 26.4 Å². The molecule has 0 saturated carbocycles. The van der Waals surface area contributed by atoms with Gasteiger partial charge in [0.25, 0.3) is 0 Å². The van der Waals surface area contributed by atoms with Crippen molar-refractivity contribution in [1.82, 2.24) is 19.6 Å². The quantitative estimate of drug-likeness (QED) is 0.815. The molecule has 5 nitrogen and oxygen atoms in total. The van der Waals surface area contributed by atoms with Crippen molar-refractivity contribution in [3.05, 3.63) is 51.8 Å². The van der Waals surface area contributed by atoms with E-state index in [0.29, 0.717) is 29.7 Å². The number of hydrogen-bond acceptors (Lipinski definition) is 3. The normalized spacial score (nSPS) is 16.9. The van der Waals surface area contributed by atoms with Crippen molar-refractivity contribution >= 4 is 29.1 Å². The Labute approximate surface area is 158 Å². The molecule has 1 aromatic carbocycles. The van der Waals surface area contributed by atoms with Crippen LogP contribution in [0.25, 0.3) is 0 Å². The van der Waals surface area contributed by atoms with Crippen molar-refractivity contribution in [3.63, 3.8) is 0 Å². The molecule has 0 radical (unpaired) electrons. The van der Waals surface area contributed by atoms with E-state index in [2.05, 4.69) is 10.00 Å². The Morgan fingerprint density at radius 1 is 1.20 bits per heavy atom. The summed E-state index contributed by atoms with van der Waals surface area (Å²) < 4.78 is 1.73. The molecule has 3 rings (SSSR count). The van der Waals surface area contributed by atoms with Gasteiger partial charge in [-0.2, -0.15) is 5.10 Å². The fourth-order valence-corrected chi connectivity index (χ4v) is 3.57. The third-order valence-electron chi connectivity index (χ3n) is 4.61. The molecule has 1 aliphatic rings. The first-order valence-electron chi connectivity index (χ1n) is 8.40. The number of amides is 1. The van der Waals surface area contributed by atoms with Crippen LogP contribution in [0.5, 0.6) is 0 Å². The number of aryl methyl sites for hydroxylation is 1. The predicted octanol–water partition coefficient (Wildman–Crippen LogP) is 3.40. The van der Waals surface area contributed by atoms with Gasteiger partial charge < -0.3 is 4.90 Å². The van der Waals surface area contributed by atoms with Gasteiger partial charge in [0.1, 0.15) is 6.04 Å². The van der Waals surface area contributed by atoms with Crippen LogP contribution in [0.1, 0.15) is 24.1 Å². The number of halogens is 2. The van der Waals surface area contributed by atoms with Crippen LogP contribution in [0.4, 0.5) is 0 Å². The summed E-state index contributed by atoms with van der Waals surface area (Å²) in [5.74, 6) is 0.110. The molecule has 1 amide bonds. The Morgan fingerprint density at radius 3 is 2.40 bits per heavy atom. The minimum absolute atomic E-state index is 0.110. The molecule has 0 bridgehead atoms. The number of hydrogen-bond donors (Lipinski definition) is 0. The molecule has 1 aliphatic heterocycles. The van der Waals surface area contributed by atoms with Gasteiger partial charge in [-0.25, -0.2) is 0 Å². The van der Waals surface area contributed by atoms with E-state index in [0.717, 1.165) is 24.2 Å². The minimum atomic E-state index is -0.279. The second-order valence-corrected chi connectivity index (χ2v) is 7.29. The third-order valence-corrected chi connectivity index (χ3v) is 5.32. The van der Waals surface area contributed by atoms with Gasteiger partial charge >= 0.3 is 0 Å². The van der Waals surface area contributed by atoms with E-state index in [9.17, 15) is 4.79 Å². The lowest BCUT2D eigenvalue weighted by Gasteiger charge is -2.36. The number of piperazine rings is 1. The van der Waals surface area contributed by atoms with Crippen molar-refractivity contribution in [2.75, 3.05) is 26.2 Å². The van der Waals surface area contributed by atoms with E-state index in [1.165, 1.54) is 0 Å². The van der Waals surface area contributed by atoms with Gasteiger partial charge in [-0.05, 0) is 31.5 Å². The molecule has 1 unspecified atom stereocenters. The van der Waals surface area contributed by atoms with Gasteiger partial charge in [0.15, 0.2) is 0 Å². The summed E-state index contributed by atoms with van der Waals surface area (Å²) in [5.41, 5.74) is 2.01. The summed E-state index contributed by atoms with van der Waals surface area (Å²) >= 11 is 12.5. The van der Waals surface area contributed by atoms with Crippen LogP contribution in [0.15, 0.2) is 30.6 Å². The molecular formula is C18H22Cl2N4O. The first-order valence-corrected chi connectivity index (χ1v) is 9.16. The molecule has 1 atom stereocenters. The molecule has 134 valence electrons. The largest absolute Gasteiger partial charge is 0.338 e. The molecule has 7 heteroatoms.